The summed E-state index contributed by atoms with van der Waals surface area (Å²) in [5.41, 5.74) is 3.40. The summed E-state index contributed by atoms with van der Waals surface area (Å²) in [5, 5.41) is 2.79. The lowest BCUT2D eigenvalue weighted by Crippen LogP contribution is -2.28. The highest BCUT2D eigenvalue weighted by atomic mass is 32.2. The molecule has 1 atom stereocenters. The van der Waals surface area contributed by atoms with Crippen molar-refractivity contribution < 1.29 is 22.7 Å². The first-order valence-corrected chi connectivity index (χ1v) is 12.5. The average molecular weight is 474 g/mol. The lowest BCUT2D eigenvalue weighted by atomic mass is 10.1. The highest BCUT2D eigenvalue weighted by Crippen LogP contribution is 2.28. The number of aryl methyl sites for hydroxylation is 2. The molecular formula is C24H31N3O5S. The zero-order valence-corrected chi connectivity index (χ0v) is 20.1. The van der Waals surface area contributed by atoms with Gasteiger partial charge in [-0.3, -0.25) is 9.59 Å². The molecule has 1 heterocycles. The molecule has 0 saturated carbocycles. The molecule has 0 aliphatic carbocycles. The molecule has 2 aromatic rings. The van der Waals surface area contributed by atoms with Gasteiger partial charge in [0.25, 0.3) is 0 Å². The molecular weight excluding hydrogens is 442 g/mol. The molecule has 2 N–H and O–H groups in total. The van der Waals surface area contributed by atoms with E-state index in [0.717, 1.165) is 16.8 Å². The van der Waals surface area contributed by atoms with Gasteiger partial charge < -0.3 is 15.0 Å². The first-order valence-electron chi connectivity index (χ1n) is 11.1. The summed E-state index contributed by atoms with van der Waals surface area (Å²) in [6, 6.07) is 11.9. The second kappa shape index (κ2) is 10.9. The van der Waals surface area contributed by atoms with E-state index in [4.69, 9.17) is 4.74 Å². The van der Waals surface area contributed by atoms with Crippen molar-refractivity contribution in [1.82, 2.24) is 4.72 Å². The van der Waals surface area contributed by atoms with Crippen LogP contribution in [0.3, 0.4) is 0 Å². The third-order valence-electron chi connectivity index (χ3n) is 5.41. The SMILES string of the molecule is CCOCCCNS(=O)(=O)c1ccc(NC(=O)C2CC(=O)N(c3cc(C)cc(C)c3)C2)cc1. The van der Waals surface area contributed by atoms with Gasteiger partial charge in [-0.25, -0.2) is 13.1 Å². The molecule has 9 heteroatoms. The van der Waals surface area contributed by atoms with Gasteiger partial charge in [0.1, 0.15) is 0 Å². The molecule has 0 aromatic heterocycles. The number of rotatable bonds is 10. The molecule has 178 valence electrons. The number of anilines is 2. The summed E-state index contributed by atoms with van der Waals surface area (Å²) in [7, 11) is -3.63. The van der Waals surface area contributed by atoms with Gasteiger partial charge >= 0.3 is 0 Å². The zero-order chi connectivity index (χ0) is 24.0. The van der Waals surface area contributed by atoms with Crippen LogP contribution in [0.2, 0.25) is 0 Å². The van der Waals surface area contributed by atoms with Crippen LogP contribution in [-0.4, -0.2) is 46.5 Å². The maximum absolute atomic E-state index is 12.7. The molecule has 33 heavy (non-hydrogen) atoms. The van der Waals surface area contributed by atoms with Crippen molar-refractivity contribution in [2.75, 3.05) is 36.5 Å². The van der Waals surface area contributed by atoms with E-state index in [1.807, 2.05) is 39.0 Å². The van der Waals surface area contributed by atoms with E-state index in [9.17, 15) is 18.0 Å². The summed E-state index contributed by atoms with van der Waals surface area (Å²) < 4.78 is 32.5. The molecule has 1 saturated heterocycles. The van der Waals surface area contributed by atoms with Gasteiger partial charge in [0.05, 0.1) is 10.8 Å². The fraction of sp³-hybridized carbons (Fsp3) is 0.417. The third kappa shape index (κ3) is 6.63. The molecule has 0 spiro atoms. The number of benzene rings is 2. The van der Waals surface area contributed by atoms with E-state index in [2.05, 4.69) is 10.0 Å². The minimum atomic E-state index is -3.63. The Balaban J connectivity index is 1.58. The van der Waals surface area contributed by atoms with E-state index in [0.29, 0.717) is 31.9 Å². The maximum Gasteiger partial charge on any atom is 0.240 e. The Morgan fingerprint density at radius 3 is 2.42 bits per heavy atom. The van der Waals surface area contributed by atoms with Crippen LogP contribution < -0.4 is 14.9 Å². The van der Waals surface area contributed by atoms with Crippen molar-refractivity contribution in [2.24, 2.45) is 5.92 Å². The highest BCUT2D eigenvalue weighted by molar-refractivity contribution is 7.89. The van der Waals surface area contributed by atoms with Crippen molar-refractivity contribution in [1.29, 1.82) is 0 Å². The monoisotopic (exact) mass is 473 g/mol. The first kappa shape index (κ1) is 24.9. The molecule has 2 amide bonds. The average Bonchev–Trinajstić information content (AvgIpc) is 3.15. The van der Waals surface area contributed by atoms with E-state index in [-0.39, 0.29) is 29.7 Å². The van der Waals surface area contributed by atoms with Gasteiger partial charge in [-0.05, 0) is 74.7 Å². The van der Waals surface area contributed by atoms with Crippen molar-refractivity contribution in [2.45, 2.75) is 38.5 Å². The Morgan fingerprint density at radius 2 is 1.79 bits per heavy atom. The van der Waals surface area contributed by atoms with Gasteiger partial charge in [-0.2, -0.15) is 0 Å². The van der Waals surface area contributed by atoms with Crippen LogP contribution in [-0.2, 0) is 24.3 Å². The second-order valence-electron chi connectivity index (χ2n) is 8.21. The third-order valence-corrected chi connectivity index (χ3v) is 6.88. The van der Waals surface area contributed by atoms with Crippen LogP contribution in [0.4, 0.5) is 11.4 Å². The predicted octanol–water partition coefficient (Wildman–Crippen LogP) is 3.00. The Labute approximate surface area is 195 Å². The molecule has 3 rings (SSSR count). The second-order valence-corrected chi connectivity index (χ2v) is 9.98. The first-order chi connectivity index (χ1) is 15.7. The fourth-order valence-electron chi connectivity index (χ4n) is 3.81. The number of amides is 2. The van der Waals surface area contributed by atoms with E-state index < -0.39 is 15.9 Å². The van der Waals surface area contributed by atoms with E-state index in [1.54, 1.807) is 17.0 Å². The van der Waals surface area contributed by atoms with Crippen LogP contribution in [0.25, 0.3) is 0 Å². The zero-order valence-electron chi connectivity index (χ0n) is 19.3. The molecule has 8 nitrogen and oxygen atoms in total. The quantitative estimate of drug-likeness (QED) is 0.516. The van der Waals surface area contributed by atoms with Crippen LogP contribution in [0.15, 0.2) is 47.4 Å². The summed E-state index contributed by atoms with van der Waals surface area (Å²) in [6.45, 7) is 7.52. The Bertz CT molecular complexity index is 1080. The number of hydrogen-bond acceptors (Lipinski definition) is 5. The summed E-state index contributed by atoms with van der Waals surface area (Å²) in [4.78, 5) is 27.0. The summed E-state index contributed by atoms with van der Waals surface area (Å²) in [6.07, 6.45) is 0.720. The Morgan fingerprint density at radius 1 is 1.12 bits per heavy atom. The molecule has 0 bridgehead atoms. The van der Waals surface area contributed by atoms with E-state index >= 15 is 0 Å². The lowest BCUT2D eigenvalue weighted by molar-refractivity contribution is -0.122. The number of nitrogens with one attached hydrogen (secondary N) is 2. The lowest BCUT2D eigenvalue weighted by Gasteiger charge is -2.18. The van der Waals surface area contributed by atoms with Crippen molar-refractivity contribution in [3.63, 3.8) is 0 Å². The minimum Gasteiger partial charge on any atom is -0.382 e. The number of nitrogens with zero attached hydrogens (tertiary/aromatic N) is 1. The number of carbonyl (C=O) groups is 2. The van der Waals surface area contributed by atoms with Crippen LogP contribution >= 0.6 is 0 Å². The number of carbonyl (C=O) groups excluding carboxylic acids is 2. The van der Waals surface area contributed by atoms with Crippen molar-refractivity contribution >= 4 is 33.2 Å². The molecule has 1 aliphatic rings. The van der Waals surface area contributed by atoms with Crippen LogP contribution in [0.5, 0.6) is 0 Å². The Hall–Kier alpha value is -2.75. The van der Waals surface area contributed by atoms with Crippen molar-refractivity contribution in [3.05, 3.63) is 53.6 Å². The summed E-state index contributed by atoms with van der Waals surface area (Å²) in [5.74, 6) is -0.828. The largest absolute Gasteiger partial charge is 0.382 e. The van der Waals surface area contributed by atoms with Gasteiger partial charge in [-0.15, -0.1) is 0 Å². The number of sulfonamides is 1. The van der Waals surface area contributed by atoms with Gasteiger partial charge in [0.2, 0.25) is 21.8 Å². The number of hydrogen-bond donors (Lipinski definition) is 2. The van der Waals surface area contributed by atoms with Gasteiger partial charge in [0.15, 0.2) is 0 Å². The molecule has 1 fully saturated rings. The topological polar surface area (TPSA) is 105 Å². The minimum absolute atomic E-state index is 0.0861. The van der Waals surface area contributed by atoms with Crippen LogP contribution in [0, 0.1) is 19.8 Å². The van der Waals surface area contributed by atoms with Crippen LogP contribution in [0.1, 0.15) is 30.9 Å². The van der Waals surface area contributed by atoms with E-state index in [1.165, 1.54) is 12.1 Å². The number of ether oxygens (including phenoxy) is 1. The highest BCUT2D eigenvalue weighted by Gasteiger charge is 2.35. The molecule has 2 aromatic carbocycles. The fourth-order valence-corrected chi connectivity index (χ4v) is 4.88. The molecule has 1 aliphatic heterocycles. The van der Waals surface area contributed by atoms with Crippen molar-refractivity contribution in [3.8, 4) is 0 Å². The standard InChI is InChI=1S/C24H31N3O5S/c1-4-32-11-5-10-25-33(30,31)22-8-6-20(7-9-22)26-24(29)19-15-23(28)27(16-19)21-13-17(2)12-18(3)14-21/h6-9,12-14,19,25H,4-5,10-11,15-16H2,1-3H3,(H,26,29). The Kier molecular flexibility index (Phi) is 8.23. The smallest absolute Gasteiger partial charge is 0.240 e. The maximum atomic E-state index is 12.7. The summed E-state index contributed by atoms with van der Waals surface area (Å²) >= 11 is 0. The normalized spacial score (nSPS) is 16.3. The molecule has 1 unspecified atom stereocenters. The predicted molar refractivity (Wildman–Crippen MR) is 128 cm³/mol. The van der Waals surface area contributed by atoms with Gasteiger partial charge in [0, 0.05) is 44.1 Å². The molecule has 0 radical (unpaired) electrons. The van der Waals surface area contributed by atoms with Gasteiger partial charge in [-0.1, -0.05) is 6.07 Å².